The first-order chi connectivity index (χ1) is 17.1. The molecule has 3 aliphatic rings. The van der Waals surface area contributed by atoms with Crippen molar-refractivity contribution in [1.82, 2.24) is 20.9 Å². The number of rotatable bonds is 8. The van der Waals surface area contributed by atoms with Crippen LogP contribution in [0.1, 0.15) is 68.2 Å². The van der Waals surface area contributed by atoms with Crippen molar-refractivity contribution >= 4 is 29.5 Å². The number of hydrogen-bond acceptors (Lipinski definition) is 5. The number of nitrogens with zero attached hydrogens (tertiary/aromatic N) is 1. The van der Waals surface area contributed by atoms with E-state index in [0.29, 0.717) is 0 Å². The number of fused-ring (bicyclic) bond motifs is 1. The molecule has 10 nitrogen and oxygen atoms in total. The molecule has 0 aromatic carbocycles. The molecule has 1 heterocycles. The largest absolute Gasteiger partial charge is 0.363 e. The minimum atomic E-state index is -2.96. The summed E-state index contributed by atoms with van der Waals surface area (Å²) < 4.78 is 27.1. The van der Waals surface area contributed by atoms with E-state index in [-0.39, 0.29) is 23.8 Å². The number of likely N-dealkylation sites (tertiary alicyclic amines) is 1. The van der Waals surface area contributed by atoms with Crippen LogP contribution in [0.5, 0.6) is 0 Å². The first kappa shape index (κ1) is 29.8. The number of amides is 5. The Hall–Kier alpha value is -2.79. The molecule has 3 rings (SSSR count). The van der Waals surface area contributed by atoms with Crippen LogP contribution in [0, 0.1) is 28.6 Å². The number of primary amides is 1. The molecule has 1 aliphatic heterocycles. The number of nitrogens with two attached hydrogens (primary N) is 1. The maximum Gasteiger partial charge on any atom is 0.315 e. The summed E-state index contributed by atoms with van der Waals surface area (Å²) in [5, 5.41) is 7.98. The van der Waals surface area contributed by atoms with E-state index in [0.717, 1.165) is 0 Å². The molecule has 6 atom stereocenters. The van der Waals surface area contributed by atoms with Crippen LogP contribution in [0.2, 0.25) is 0 Å². The molecule has 5 N–H and O–H groups in total. The zero-order valence-electron chi connectivity index (χ0n) is 23.4. The van der Waals surface area contributed by atoms with Crippen molar-refractivity contribution in [1.29, 1.82) is 0 Å². The Bertz CT molecular complexity index is 1030. The highest BCUT2D eigenvalue weighted by Gasteiger charge is 2.70. The first-order valence-corrected chi connectivity index (χ1v) is 13.0. The van der Waals surface area contributed by atoms with Crippen LogP contribution in [0.3, 0.4) is 0 Å². The van der Waals surface area contributed by atoms with Crippen molar-refractivity contribution in [3.8, 4) is 0 Å². The van der Waals surface area contributed by atoms with Crippen LogP contribution < -0.4 is 21.7 Å². The van der Waals surface area contributed by atoms with Gasteiger partial charge in [0.1, 0.15) is 12.1 Å². The number of halogens is 2. The molecule has 3 fully saturated rings. The van der Waals surface area contributed by atoms with E-state index >= 15 is 0 Å². The SMILES string of the molecule is CC(C)(C)NC(=O)N[C@H](C(=O)N1C[C@H]2[C@@H]([C@H]1C(=O)NC(CC1CC1(F)F)C(=O)C(N)=O)C2(C)C)C(C)(C)C. The topological polar surface area (TPSA) is 151 Å². The molecule has 2 aliphatic carbocycles. The summed E-state index contributed by atoms with van der Waals surface area (Å²) in [7, 11) is 0. The van der Waals surface area contributed by atoms with E-state index in [2.05, 4.69) is 16.0 Å². The van der Waals surface area contributed by atoms with Gasteiger partial charge in [0.15, 0.2) is 0 Å². The number of urea groups is 1. The smallest absolute Gasteiger partial charge is 0.315 e. The fraction of sp³-hybridized carbons (Fsp3) is 0.808. The number of ketones is 1. The summed E-state index contributed by atoms with van der Waals surface area (Å²) in [5.41, 5.74) is 3.60. The van der Waals surface area contributed by atoms with Gasteiger partial charge in [-0.2, -0.15) is 0 Å². The minimum absolute atomic E-state index is 0.00396. The minimum Gasteiger partial charge on any atom is -0.363 e. The van der Waals surface area contributed by atoms with Gasteiger partial charge in [0, 0.05) is 24.4 Å². The van der Waals surface area contributed by atoms with Crippen molar-refractivity contribution < 1.29 is 32.8 Å². The predicted molar refractivity (Wildman–Crippen MR) is 135 cm³/mol. The number of alkyl halides is 2. The van der Waals surface area contributed by atoms with Crippen LogP contribution in [-0.2, 0) is 19.2 Å². The van der Waals surface area contributed by atoms with E-state index in [4.69, 9.17) is 5.73 Å². The van der Waals surface area contributed by atoms with Gasteiger partial charge in [-0.25, -0.2) is 13.6 Å². The summed E-state index contributed by atoms with van der Waals surface area (Å²) in [4.78, 5) is 65.5. The maximum atomic E-state index is 13.8. The number of nitrogens with one attached hydrogen (secondary N) is 3. The summed E-state index contributed by atoms with van der Waals surface area (Å²) >= 11 is 0. The second-order valence-corrected chi connectivity index (χ2v) is 13.7. The monoisotopic (exact) mass is 541 g/mol. The number of hydrogen-bond donors (Lipinski definition) is 4. The number of carbonyl (C=O) groups is 5. The van der Waals surface area contributed by atoms with Gasteiger partial charge < -0.3 is 26.6 Å². The Morgan fingerprint density at radius 2 is 1.58 bits per heavy atom. The third kappa shape index (κ3) is 6.09. The molecule has 2 saturated carbocycles. The molecule has 0 aromatic rings. The van der Waals surface area contributed by atoms with Crippen LogP contribution in [0.15, 0.2) is 0 Å². The highest BCUT2D eigenvalue weighted by molar-refractivity contribution is 6.37. The van der Waals surface area contributed by atoms with Gasteiger partial charge in [-0.15, -0.1) is 0 Å². The lowest BCUT2D eigenvalue weighted by Gasteiger charge is -2.38. The van der Waals surface area contributed by atoms with Gasteiger partial charge in [0.25, 0.3) is 11.8 Å². The van der Waals surface area contributed by atoms with Crippen LogP contribution in [0.25, 0.3) is 0 Å². The van der Waals surface area contributed by atoms with Crippen molar-refractivity contribution in [3.63, 3.8) is 0 Å². The summed E-state index contributed by atoms with van der Waals surface area (Å²) in [6.45, 7) is 15.0. The molecular formula is C26H41F2N5O5. The molecule has 12 heteroatoms. The average Bonchev–Trinajstić information content (AvgIpc) is 3.39. The Kier molecular flexibility index (Phi) is 7.40. The molecule has 0 radical (unpaired) electrons. The lowest BCUT2D eigenvalue weighted by Crippen LogP contribution is -2.62. The Morgan fingerprint density at radius 3 is 2.03 bits per heavy atom. The normalized spacial score (nSPS) is 28.4. The molecule has 38 heavy (non-hydrogen) atoms. The summed E-state index contributed by atoms with van der Waals surface area (Å²) in [6, 6.07) is -4.02. The highest BCUT2D eigenvalue weighted by Crippen LogP contribution is 2.65. The quantitative estimate of drug-likeness (QED) is 0.344. The maximum absolute atomic E-state index is 13.8. The van der Waals surface area contributed by atoms with E-state index in [1.165, 1.54) is 4.90 Å². The molecule has 0 spiro atoms. The number of carbonyl (C=O) groups excluding carboxylic acids is 5. The van der Waals surface area contributed by atoms with E-state index in [1.807, 2.05) is 13.8 Å². The van der Waals surface area contributed by atoms with Gasteiger partial charge >= 0.3 is 6.03 Å². The lowest BCUT2D eigenvalue weighted by atomic mass is 9.85. The predicted octanol–water partition coefficient (Wildman–Crippen LogP) is 1.57. The fourth-order valence-corrected chi connectivity index (χ4v) is 5.61. The summed E-state index contributed by atoms with van der Waals surface area (Å²) in [6.07, 6.45) is -0.857. The number of piperidine rings is 1. The van der Waals surface area contributed by atoms with Crippen LogP contribution in [-0.4, -0.2) is 70.6 Å². The zero-order valence-corrected chi connectivity index (χ0v) is 23.4. The standard InChI is InChI=1S/C26H41F2N5O5/c1-23(2,3)18(31-22(38)32-24(4,5)6)21(37)33-11-13-15(25(13,7)8)16(33)20(36)30-14(17(34)19(29)35)9-12-10-26(12,27)28/h12-16,18H,9-11H2,1-8H3,(H2,29,35)(H,30,36)(H2,31,32,38)/t12?,13-,14?,15-,16-,18+/m0/s1. The first-order valence-electron chi connectivity index (χ1n) is 13.0. The molecule has 0 aromatic heterocycles. The Labute approximate surface area is 222 Å². The van der Waals surface area contributed by atoms with E-state index < -0.39 is 83.3 Å². The molecule has 214 valence electrons. The van der Waals surface area contributed by atoms with Crippen molar-refractivity contribution in [2.75, 3.05) is 6.54 Å². The van der Waals surface area contributed by atoms with Crippen molar-refractivity contribution in [2.45, 2.75) is 97.8 Å². The molecule has 5 amide bonds. The van der Waals surface area contributed by atoms with Gasteiger partial charge in [-0.05, 0) is 49.9 Å². The molecule has 1 saturated heterocycles. The van der Waals surface area contributed by atoms with Gasteiger partial charge in [-0.1, -0.05) is 34.6 Å². The lowest BCUT2D eigenvalue weighted by molar-refractivity contribution is -0.145. The second-order valence-electron chi connectivity index (χ2n) is 13.7. The Balaban J connectivity index is 1.84. The van der Waals surface area contributed by atoms with Gasteiger partial charge in [-0.3, -0.25) is 19.2 Å². The molecule has 2 unspecified atom stereocenters. The third-order valence-corrected chi connectivity index (χ3v) is 7.99. The van der Waals surface area contributed by atoms with Gasteiger partial charge in [0.05, 0.1) is 6.04 Å². The molecule has 0 bridgehead atoms. The van der Waals surface area contributed by atoms with Crippen molar-refractivity contribution in [3.05, 3.63) is 0 Å². The van der Waals surface area contributed by atoms with E-state index in [1.54, 1.807) is 41.5 Å². The Morgan fingerprint density at radius 1 is 1.03 bits per heavy atom. The number of Topliss-reactive ketones (excluding diaryl/α,β-unsaturated/α-hetero) is 1. The third-order valence-electron chi connectivity index (χ3n) is 7.99. The van der Waals surface area contributed by atoms with E-state index in [9.17, 15) is 32.8 Å². The fourth-order valence-electron chi connectivity index (χ4n) is 5.61. The summed E-state index contributed by atoms with van der Waals surface area (Å²) in [5.74, 6) is -7.98. The zero-order chi connectivity index (χ0) is 29.2. The highest BCUT2D eigenvalue weighted by atomic mass is 19.3. The van der Waals surface area contributed by atoms with Gasteiger partial charge in [0.2, 0.25) is 17.6 Å². The van der Waals surface area contributed by atoms with Crippen molar-refractivity contribution in [2.24, 2.45) is 34.3 Å². The van der Waals surface area contributed by atoms with Crippen LogP contribution >= 0.6 is 0 Å². The van der Waals surface area contributed by atoms with Crippen LogP contribution in [0.4, 0.5) is 13.6 Å². The molecular weight excluding hydrogens is 500 g/mol. The average molecular weight is 542 g/mol. The second kappa shape index (κ2) is 9.44.